The Hall–Kier alpha value is -0.190. The van der Waals surface area contributed by atoms with E-state index >= 15 is 0 Å². The van der Waals surface area contributed by atoms with Crippen molar-refractivity contribution in [2.24, 2.45) is 5.92 Å². The number of carbonyl (C=O) groups excluding carboxylic acids is 1. The van der Waals surface area contributed by atoms with Crippen LogP contribution >= 0.6 is 27.3 Å². The van der Waals surface area contributed by atoms with Gasteiger partial charge >= 0.3 is 0 Å². The monoisotopic (exact) mass is 290 g/mol. The average molecular weight is 291 g/mol. The average Bonchev–Trinajstić information content (AvgIpc) is 2.54. The largest absolute Gasteiger partial charge is 0.385 e. The molecule has 0 saturated carbocycles. The first-order valence-electron chi connectivity index (χ1n) is 4.85. The van der Waals surface area contributed by atoms with Crippen LogP contribution < -0.4 is 0 Å². The molecule has 0 aliphatic rings. The van der Waals surface area contributed by atoms with Gasteiger partial charge in [0.05, 0.1) is 8.66 Å². The summed E-state index contributed by atoms with van der Waals surface area (Å²) in [4.78, 5) is 12.8. The number of hydrogen-bond donors (Lipinski definition) is 0. The van der Waals surface area contributed by atoms with Crippen LogP contribution in [0.4, 0.5) is 0 Å². The number of carbonyl (C=O) groups is 1. The molecule has 1 unspecified atom stereocenters. The molecule has 1 heterocycles. The Bertz CT molecular complexity index is 327. The third kappa shape index (κ3) is 3.40. The van der Waals surface area contributed by atoms with Crippen molar-refractivity contribution < 1.29 is 9.53 Å². The van der Waals surface area contributed by atoms with Crippen molar-refractivity contribution in [3.8, 4) is 0 Å². The molecule has 0 aliphatic carbocycles. The van der Waals surface area contributed by atoms with E-state index in [0.717, 1.165) is 20.6 Å². The van der Waals surface area contributed by atoms with E-state index < -0.39 is 0 Å². The first-order valence-corrected chi connectivity index (χ1v) is 6.46. The fourth-order valence-corrected chi connectivity index (χ4v) is 2.84. The molecule has 0 bridgehead atoms. The molecule has 1 atom stereocenters. The number of aryl methyl sites for hydroxylation is 1. The summed E-state index contributed by atoms with van der Waals surface area (Å²) in [5, 5.41) is 0. The van der Waals surface area contributed by atoms with E-state index in [1.807, 2.05) is 19.9 Å². The third-order valence-corrected chi connectivity index (χ3v) is 4.45. The van der Waals surface area contributed by atoms with E-state index in [4.69, 9.17) is 4.74 Å². The topological polar surface area (TPSA) is 26.3 Å². The summed E-state index contributed by atoms with van der Waals surface area (Å²) in [7, 11) is 1.66. The Labute approximate surface area is 103 Å². The SMILES string of the molecule is COCCC(C)C(=O)c1cc(C)c(Br)s1. The molecule has 0 fully saturated rings. The Morgan fingerprint density at radius 3 is 2.80 bits per heavy atom. The van der Waals surface area contributed by atoms with E-state index in [-0.39, 0.29) is 11.7 Å². The zero-order valence-electron chi connectivity index (χ0n) is 9.17. The molecule has 0 amide bonds. The predicted molar refractivity (Wildman–Crippen MR) is 66.7 cm³/mol. The molecule has 0 aliphatic heterocycles. The highest BCUT2D eigenvalue weighted by molar-refractivity contribution is 9.11. The van der Waals surface area contributed by atoms with Crippen molar-refractivity contribution in [2.75, 3.05) is 13.7 Å². The second-order valence-electron chi connectivity index (χ2n) is 3.61. The van der Waals surface area contributed by atoms with Gasteiger partial charge in [-0.05, 0) is 40.9 Å². The summed E-state index contributed by atoms with van der Waals surface area (Å²) in [6, 6.07) is 1.94. The van der Waals surface area contributed by atoms with E-state index in [2.05, 4.69) is 15.9 Å². The molecule has 1 rings (SSSR count). The van der Waals surface area contributed by atoms with Crippen LogP contribution in [0.3, 0.4) is 0 Å². The van der Waals surface area contributed by atoms with Gasteiger partial charge in [-0.3, -0.25) is 4.79 Å². The first kappa shape index (κ1) is 12.9. The van der Waals surface area contributed by atoms with Gasteiger partial charge in [0.1, 0.15) is 0 Å². The summed E-state index contributed by atoms with van der Waals surface area (Å²) in [5.74, 6) is 0.251. The Morgan fingerprint density at radius 2 is 2.33 bits per heavy atom. The predicted octanol–water partition coefficient (Wildman–Crippen LogP) is 3.67. The van der Waals surface area contributed by atoms with Crippen molar-refractivity contribution >= 4 is 33.0 Å². The number of ketones is 1. The second-order valence-corrected chi connectivity index (χ2v) is 5.98. The van der Waals surface area contributed by atoms with Crippen LogP contribution in [0.25, 0.3) is 0 Å². The van der Waals surface area contributed by atoms with Crippen LogP contribution in [0.15, 0.2) is 9.85 Å². The smallest absolute Gasteiger partial charge is 0.175 e. The molecule has 0 aromatic carbocycles. The van der Waals surface area contributed by atoms with E-state index in [0.29, 0.717) is 6.61 Å². The molecule has 1 aromatic rings. The van der Waals surface area contributed by atoms with E-state index in [1.54, 1.807) is 7.11 Å². The summed E-state index contributed by atoms with van der Waals surface area (Å²) in [5.41, 5.74) is 1.13. The third-order valence-electron chi connectivity index (χ3n) is 2.30. The molecule has 1 aromatic heterocycles. The maximum Gasteiger partial charge on any atom is 0.175 e. The van der Waals surface area contributed by atoms with Crippen LogP contribution in [-0.4, -0.2) is 19.5 Å². The minimum absolute atomic E-state index is 0.0369. The number of halogens is 1. The molecule has 0 N–H and O–H groups in total. The lowest BCUT2D eigenvalue weighted by atomic mass is 10.0. The highest BCUT2D eigenvalue weighted by atomic mass is 79.9. The van der Waals surface area contributed by atoms with Crippen molar-refractivity contribution in [1.29, 1.82) is 0 Å². The fourth-order valence-electron chi connectivity index (χ4n) is 1.25. The summed E-state index contributed by atoms with van der Waals surface area (Å²) >= 11 is 4.94. The van der Waals surface area contributed by atoms with Crippen molar-refractivity contribution in [3.05, 3.63) is 20.3 Å². The molecule has 4 heteroatoms. The Morgan fingerprint density at radius 1 is 1.67 bits per heavy atom. The number of hydrogen-bond acceptors (Lipinski definition) is 3. The highest BCUT2D eigenvalue weighted by Crippen LogP contribution is 2.29. The molecule has 2 nitrogen and oxygen atoms in total. The molecular formula is C11H15BrO2S. The van der Waals surface area contributed by atoms with Gasteiger partial charge in [0, 0.05) is 19.6 Å². The summed E-state index contributed by atoms with van der Waals surface area (Å²) in [6.45, 7) is 4.58. The van der Waals surface area contributed by atoms with Crippen LogP contribution in [0, 0.1) is 12.8 Å². The Balaban J connectivity index is 2.67. The van der Waals surface area contributed by atoms with Crippen LogP contribution in [0.5, 0.6) is 0 Å². The highest BCUT2D eigenvalue weighted by Gasteiger charge is 2.17. The van der Waals surface area contributed by atoms with Gasteiger partial charge in [-0.25, -0.2) is 0 Å². The zero-order chi connectivity index (χ0) is 11.4. The molecular weight excluding hydrogens is 276 g/mol. The van der Waals surface area contributed by atoms with Crippen molar-refractivity contribution in [3.63, 3.8) is 0 Å². The zero-order valence-corrected chi connectivity index (χ0v) is 11.6. The number of Topliss-reactive ketones (excluding diaryl/α,β-unsaturated/α-hetero) is 1. The second kappa shape index (κ2) is 5.77. The maximum atomic E-state index is 12.0. The number of ether oxygens (including phenoxy) is 1. The maximum absolute atomic E-state index is 12.0. The van der Waals surface area contributed by atoms with Crippen LogP contribution in [0.1, 0.15) is 28.6 Å². The molecule has 15 heavy (non-hydrogen) atoms. The summed E-state index contributed by atoms with van der Waals surface area (Å²) in [6.07, 6.45) is 0.782. The lowest BCUT2D eigenvalue weighted by molar-refractivity contribution is 0.0898. The number of methoxy groups -OCH3 is 1. The van der Waals surface area contributed by atoms with Gasteiger partial charge in [0.2, 0.25) is 0 Å². The van der Waals surface area contributed by atoms with Gasteiger partial charge in [0.15, 0.2) is 5.78 Å². The first-order chi connectivity index (χ1) is 7.06. The minimum Gasteiger partial charge on any atom is -0.385 e. The normalized spacial score (nSPS) is 12.8. The summed E-state index contributed by atoms with van der Waals surface area (Å²) < 4.78 is 6.02. The van der Waals surface area contributed by atoms with Gasteiger partial charge in [-0.15, -0.1) is 11.3 Å². The molecule has 84 valence electrons. The van der Waals surface area contributed by atoms with Gasteiger partial charge < -0.3 is 4.74 Å². The molecule has 0 saturated heterocycles. The van der Waals surface area contributed by atoms with Crippen LogP contribution in [0.2, 0.25) is 0 Å². The lowest BCUT2D eigenvalue weighted by Crippen LogP contribution is -2.12. The minimum atomic E-state index is 0.0369. The standard InChI is InChI=1S/C11H15BrO2S/c1-7(4-5-14-3)10(13)9-6-8(2)11(12)15-9/h6-7H,4-5H2,1-3H3. The number of thiophene rings is 1. The quantitative estimate of drug-likeness (QED) is 0.774. The fraction of sp³-hybridized carbons (Fsp3) is 0.545. The van der Waals surface area contributed by atoms with E-state index in [1.165, 1.54) is 11.3 Å². The van der Waals surface area contributed by atoms with E-state index in [9.17, 15) is 4.79 Å². The van der Waals surface area contributed by atoms with Gasteiger partial charge in [0.25, 0.3) is 0 Å². The number of rotatable bonds is 5. The Kier molecular flexibility index (Phi) is 4.96. The van der Waals surface area contributed by atoms with Crippen LogP contribution in [-0.2, 0) is 4.74 Å². The lowest BCUT2D eigenvalue weighted by Gasteiger charge is -2.07. The van der Waals surface area contributed by atoms with Crippen molar-refractivity contribution in [2.45, 2.75) is 20.3 Å². The van der Waals surface area contributed by atoms with Gasteiger partial charge in [-0.1, -0.05) is 6.92 Å². The molecule has 0 spiro atoms. The molecule has 0 radical (unpaired) electrons. The van der Waals surface area contributed by atoms with Crippen molar-refractivity contribution in [1.82, 2.24) is 0 Å². The van der Waals surface area contributed by atoms with Gasteiger partial charge in [-0.2, -0.15) is 0 Å².